The molecule has 4 nitrogen and oxygen atoms in total. The lowest BCUT2D eigenvalue weighted by molar-refractivity contribution is -0.130. The number of hydrogen-bond donors (Lipinski definition) is 1. The van der Waals surface area contributed by atoms with Gasteiger partial charge >= 0.3 is 0 Å². The molecular weight excluding hydrogens is 212 g/mol. The van der Waals surface area contributed by atoms with Gasteiger partial charge < -0.3 is 10.0 Å². The molecule has 1 aliphatic heterocycles. The first-order chi connectivity index (χ1) is 7.20. The molecule has 1 heterocycles. The van der Waals surface area contributed by atoms with Crippen LogP contribution in [-0.2, 0) is 4.79 Å². The van der Waals surface area contributed by atoms with Gasteiger partial charge in [-0.1, -0.05) is 6.92 Å². The second-order valence-electron chi connectivity index (χ2n) is 3.75. The number of nitriles is 1. The highest BCUT2D eigenvalue weighted by Gasteiger charge is 2.33. The fourth-order valence-electron chi connectivity index (χ4n) is 1.86. The summed E-state index contributed by atoms with van der Waals surface area (Å²) < 4.78 is 0. The van der Waals surface area contributed by atoms with Crippen LogP contribution >= 0.6 is 11.8 Å². The number of aliphatic hydroxyl groups excluding tert-OH is 1. The maximum absolute atomic E-state index is 11.7. The Kier molecular flexibility index (Phi) is 4.92. The van der Waals surface area contributed by atoms with Crippen LogP contribution in [0.2, 0.25) is 0 Å². The number of rotatable bonds is 4. The van der Waals surface area contributed by atoms with Crippen LogP contribution in [0.4, 0.5) is 0 Å². The van der Waals surface area contributed by atoms with Crippen molar-refractivity contribution >= 4 is 17.7 Å². The first-order valence-corrected chi connectivity index (χ1v) is 6.21. The molecule has 0 aromatic carbocycles. The zero-order valence-electron chi connectivity index (χ0n) is 8.85. The van der Waals surface area contributed by atoms with Gasteiger partial charge in [0.05, 0.1) is 30.2 Å². The molecule has 1 amide bonds. The summed E-state index contributed by atoms with van der Waals surface area (Å²) in [7, 11) is 0. The van der Waals surface area contributed by atoms with Crippen molar-refractivity contribution in [2.75, 3.05) is 24.7 Å². The van der Waals surface area contributed by atoms with Gasteiger partial charge in [0.15, 0.2) is 0 Å². The third-order valence-corrected chi connectivity index (χ3v) is 3.57. The number of carbonyl (C=O) groups excluding carboxylic acids is 1. The SMILES string of the molecule is CC1CCN(C(=O)CSCC#N)C1CO. The van der Waals surface area contributed by atoms with Gasteiger partial charge in [-0.05, 0) is 12.3 Å². The van der Waals surface area contributed by atoms with E-state index in [-0.39, 0.29) is 18.6 Å². The molecule has 84 valence electrons. The number of hydrogen-bond acceptors (Lipinski definition) is 4. The zero-order valence-corrected chi connectivity index (χ0v) is 9.66. The van der Waals surface area contributed by atoms with Crippen molar-refractivity contribution in [2.45, 2.75) is 19.4 Å². The van der Waals surface area contributed by atoms with Crippen molar-refractivity contribution in [2.24, 2.45) is 5.92 Å². The molecule has 0 aromatic rings. The third-order valence-electron chi connectivity index (χ3n) is 2.78. The van der Waals surface area contributed by atoms with Crippen LogP contribution in [0.5, 0.6) is 0 Å². The summed E-state index contributed by atoms with van der Waals surface area (Å²) >= 11 is 1.33. The Bertz CT molecular complexity index is 265. The molecule has 0 spiro atoms. The van der Waals surface area contributed by atoms with Crippen LogP contribution < -0.4 is 0 Å². The van der Waals surface area contributed by atoms with Gasteiger partial charge in [-0.3, -0.25) is 4.79 Å². The van der Waals surface area contributed by atoms with Crippen molar-refractivity contribution in [3.8, 4) is 6.07 Å². The summed E-state index contributed by atoms with van der Waals surface area (Å²) in [5.41, 5.74) is 0. The molecule has 1 fully saturated rings. The normalized spacial score (nSPS) is 25.3. The summed E-state index contributed by atoms with van der Waals surface area (Å²) in [5.74, 6) is 1.11. The third kappa shape index (κ3) is 3.11. The van der Waals surface area contributed by atoms with Crippen molar-refractivity contribution in [3.63, 3.8) is 0 Å². The van der Waals surface area contributed by atoms with Crippen LogP contribution in [0.15, 0.2) is 0 Å². The number of carbonyl (C=O) groups is 1. The summed E-state index contributed by atoms with van der Waals surface area (Å²) in [6.45, 7) is 2.82. The Morgan fingerprint density at radius 3 is 3.07 bits per heavy atom. The highest BCUT2D eigenvalue weighted by atomic mass is 32.2. The molecule has 2 unspecified atom stereocenters. The van der Waals surface area contributed by atoms with E-state index >= 15 is 0 Å². The van der Waals surface area contributed by atoms with Crippen molar-refractivity contribution in [3.05, 3.63) is 0 Å². The second kappa shape index (κ2) is 5.99. The molecule has 1 aliphatic rings. The lowest BCUT2D eigenvalue weighted by Crippen LogP contribution is -2.40. The minimum atomic E-state index is -0.0276. The summed E-state index contributed by atoms with van der Waals surface area (Å²) in [6.07, 6.45) is 0.958. The minimum absolute atomic E-state index is 0.0276. The fraction of sp³-hybridized carbons (Fsp3) is 0.800. The topological polar surface area (TPSA) is 64.3 Å². The van der Waals surface area contributed by atoms with E-state index in [1.165, 1.54) is 11.8 Å². The number of amides is 1. The van der Waals surface area contributed by atoms with Crippen LogP contribution in [0.25, 0.3) is 0 Å². The van der Waals surface area contributed by atoms with Gasteiger partial charge in [0, 0.05) is 6.54 Å². The van der Waals surface area contributed by atoms with Crippen molar-refractivity contribution < 1.29 is 9.90 Å². The molecule has 1 rings (SSSR count). The maximum atomic E-state index is 11.7. The Morgan fingerprint density at radius 2 is 2.47 bits per heavy atom. The van der Waals surface area contributed by atoms with Gasteiger partial charge in [0.25, 0.3) is 0 Å². The molecule has 2 atom stereocenters. The lowest BCUT2D eigenvalue weighted by atomic mass is 10.0. The molecule has 0 aromatic heterocycles. The summed E-state index contributed by atoms with van der Waals surface area (Å²) in [6, 6.07) is 1.96. The van der Waals surface area contributed by atoms with Crippen LogP contribution in [-0.4, -0.2) is 46.6 Å². The van der Waals surface area contributed by atoms with Gasteiger partial charge in [-0.25, -0.2) is 0 Å². The Balaban J connectivity index is 2.42. The first kappa shape index (κ1) is 12.3. The first-order valence-electron chi connectivity index (χ1n) is 5.05. The predicted octanol–water partition coefficient (Wildman–Crippen LogP) is 0.472. The smallest absolute Gasteiger partial charge is 0.232 e. The van der Waals surface area contributed by atoms with Crippen LogP contribution in [0, 0.1) is 17.2 Å². The summed E-state index contributed by atoms with van der Waals surface area (Å²) in [5, 5.41) is 17.5. The van der Waals surface area contributed by atoms with E-state index in [2.05, 4.69) is 6.92 Å². The number of nitrogens with zero attached hydrogens (tertiary/aromatic N) is 2. The highest BCUT2D eigenvalue weighted by Crippen LogP contribution is 2.24. The number of thioether (sulfide) groups is 1. The van der Waals surface area contributed by atoms with Gasteiger partial charge in [-0.15, -0.1) is 11.8 Å². The monoisotopic (exact) mass is 228 g/mol. The van der Waals surface area contributed by atoms with Crippen LogP contribution in [0.1, 0.15) is 13.3 Å². The van der Waals surface area contributed by atoms with Gasteiger partial charge in [-0.2, -0.15) is 5.26 Å². The lowest BCUT2D eigenvalue weighted by Gasteiger charge is -2.24. The second-order valence-corrected chi connectivity index (χ2v) is 4.74. The van der Waals surface area contributed by atoms with E-state index < -0.39 is 0 Å². The standard InChI is InChI=1S/C10H16N2O2S/c1-8-2-4-12(9(8)6-13)10(14)7-15-5-3-11/h8-9,13H,2,4-7H2,1H3. The number of aliphatic hydroxyl groups is 1. The molecule has 0 aliphatic carbocycles. The average molecular weight is 228 g/mol. The molecule has 0 saturated carbocycles. The van der Waals surface area contributed by atoms with E-state index in [4.69, 9.17) is 5.26 Å². The Labute approximate surface area is 94.2 Å². The van der Waals surface area contributed by atoms with E-state index in [1.54, 1.807) is 4.90 Å². The van der Waals surface area contributed by atoms with E-state index in [0.717, 1.165) is 13.0 Å². The molecule has 15 heavy (non-hydrogen) atoms. The molecule has 0 radical (unpaired) electrons. The zero-order chi connectivity index (χ0) is 11.3. The van der Waals surface area contributed by atoms with Crippen LogP contribution in [0.3, 0.4) is 0 Å². The Hall–Kier alpha value is -0.730. The molecule has 0 bridgehead atoms. The fourth-order valence-corrected chi connectivity index (χ4v) is 2.40. The van der Waals surface area contributed by atoms with E-state index in [1.807, 2.05) is 6.07 Å². The maximum Gasteiger partial charge on any atom is 0.232 e. The Morgan fingerprint density at radius 1 is 1.73 bits per heavy atom. The molecule has 1 N–H and O–H groups in total. The van der Waals surface area contributed by atoms with Crippen molar-refractivity contribution in [1.29, 1.82) is 5.26 Å². The highest BCUT2D eigenvalue weighted by molar-refractivity contribution is 8.00. The number of likely N-dealkylation sites (tertiary alicyclic amines) is 1. The minimum Gasteiger partial charge on any atom is -0.394 e. The van der Waals surface area contributed by atoms with Gasteiger partial charge in [0.1, 0.15) is 0 Å². The predicted molar refractivity (Wildman–Crippen MR) is 59.3 cm³/mol. The molecule has 5 heteroatoms. The quantitative estimate of drug-likeness (QED) is 0.711. The van der Waals surface area contributed by atoms with Gasteiger partial charge in [0.2, 0.25) is 5.91 Å². The average Bonchev–Trinajstić information content (AvgIpc) is 2.59. The molecular formula is C10H16N2O2S. The van der Waals surface area contributed by atoms with E-state index in [0.29, 0.717) is 17.4 Å². The van der Waals surface area contributed by atoms with Crippen molar-refractivity contribution in [1.82, 2.24) is 4.90 Å². The molecule has 1 saturated heterocycles. The summed E-state index contributed by atoms with van der Waals surface area (Å²) in [4.78, 5) is 13.5. The van der Waals surface area contributed by atoms with E-state index in [9.17, 15) is 9.90 Å². The largest absolute Gasteiger partial charge is 0.394 e.